The number of nitrogens with zero attached hydrogens (tertiary/aromatic N) is 1. The maximum absolute atomic E-state index is 12.0. The van der Waals surface area contributed by atoms with Crippen LogP contribution in [0.25, 0.3) is 10.9 Å². The number of benzene rings is 1. The zero-order chi connectivity index (χ0) is 13.9. The molecule has 1 aromatic carbocycles. The van der Waals surface area contributed by atoms with Crippen molar-refractivity contribution in [3.05, 3.63) is 35.5 Å². The Labute approximate surface area is 114 Å². The average Bonchev–Trinajstić information content (AvgIpc) is 2.96. The van der Waals surface area contributed by atoms with Gasteiger partial charge in [-0.3, -0.25) is 24.3 Å². The normalized spacial score (nSPS) is 21.6. The lowest BCUT2D eigenvalue weighted by molar-refractivity contribution is -0.125. The van der Waals surface area contributed by atoms with Crippen LogP contribution in [0.15, 0.2) is 24.4 Å². The number of imide groups is 1. The highest BCUT2D eigenvalue weighted by molar-refractivity contribution is 6.09. The van der Waals surface area contributed by atoms with Gasteiger partial charge in [0.05, 0.1) is 11.4 Å². The number of amides is 2. The van der Waals surface area contributed by atoms with Crippen LogP contribution in [0.4, 0.5) is 0 Å². The van der Waals surface area contributed by atoms with Crippen molar-refractivity contribution >= 4 is 28.6 Å². The van der Waals surface area contributed by atoms with E-state index in [1.165, 1.54) is 0 Å². The highest BCUT2D eigenvalue weighted by Crippen LogP contribution is 2.35. The predicted molar refractivity (Wildman–Crippen MR) is 71.4 cm³/mol. The van der Waals surface area contributed by atoms with E-state index < -0.39 is 5.92 Å². The summed E-state index contributed by atoms with van der Waals surface area (Å²) in [5, 5.41) is 3.23. The van der Waals surface area contributed by atoms with Gasteiger partial charge in [0, 0.05) is 24.4 Å². The molecular formula is C15H12N2O3. The van der Waals surface area contributed by atoms with E-state index in [-0.39, 0.29) is 24.1 Å². The third-order valence-corrected chi connectivity index (χ3v) is 4.16. The minimum atomic E-state index is -0.479. The summed E-state index contributed by atoms with van der Waals surface area (Å²) in [7, 11) is 0. The van der Waals surface area contributed by atoms with Crippen LogP contribution in [0, 0.1) is 0 Å². The van der Waals surface area contributed by atoms with Crippen LogP contribution in [0.2, 0.25) is 0 Å². The Morgan fingerprint density at radius 2 is 2.00 bits per heavy atom. The molecule has 1 fully saturated rings. The number of carbonyl (C=O) groups excluding carboxylic acids is 3. The lowest BCUT2D eigenvalue weighted by Crippen LogP contribution is -2.21. The van der Waals surface area contributed by atoms with E-state index in [1.54, 1.807) is 10.8 Å². The van der Waals surface area contributed by atoms with E-state index in [0.29, 0.717) is 6.42 Å². The number of carbonyl (C=O) groups is 3. The second kappa shape index (κ2) is 3.79. The molecule has 2 amide bonds. The van der Waals surface area contributed by atoms with Gasteiger partial charge < -0.3 is 0 Å². The van der Waals surface area contributed by atoms with Gasteiger partial charge in [-0.05, 0) is 17.5 Å². The minimum absolute atomic E-state index is 0.0460. The number of aryl methyl sites for hydroxylation is 1. The van der Waals surface area contributed by atoms with Crippen molar-refractivity contribution in [1.29, 1.82) is 0 Å². The molecule has 1 aromatic heterocycles. The molecule has 5 nitrogen and oxygen atoms in total. The van der Waals surface area contributed by atoms with Crippen LogP contribution in [0.3, 0.4) is 0 Å². The molecule has 1 atom stereocenters. The smallest absolute Gasteiger partial charge is 0.234 e. The first kappa shape index (κ1) is 11.4. The fourth-order valence-electron chi connectivity index (χ4n) is 3.22. The summed E-state index contributed by atoms with van der Waals surface area (Å²) >= 11 is 0. The first-order chi connectivity index (χ1) is 9.65. The number of aromatic nitrogens is 1. The molecule has 0 saturated carbocycles. The van der Waals surface area contributed by atoms with Gasteiger partial charge in [-0.15, -0.1) is 0 Å². The highest BCUT2D eigenvalue weighted by atomic mass is 16.2. The van der Waals surface area contributed by atoms with Crippen LogP contribution in [0.5, 0.6) is 0 Å². The van der Waals surface area contributed by atoms with E-state index >= 15 is 0 Å². The Bertz CT molecular complexity index is 788. The Morgan fingerprint density at radius 1 is 1.15 bits per heavy atom. The number of rotatable bonds is 1. The molecule has 1 N–H and O–H groups in total. The van der Waals surface area contributed by atoms with Crippen molar-refractivity contribution in [2.75, 3.05) is 0 Å². The van der Waals surface area contributed by atoms with Gasteiger partial charge in [0.25, 0.3) is 0 Å². The Morgan fingerprint density at radius 3 is 2.75 bits per heavy atom. The summed E-state index contributed by atoms with van der Waals surface area (Å²) in [6, 6.07) is 5.87. The molecule has 1 saturated heterocycles. The SMILES string of the molecule is O=C1CC(c2cn3c4c(cccc24)CCC3=O)C(=O)N1. The Balaban J connectivity index is 1.98. The van der Waals surface area contributed by atoms with Crippen LogP contribution >= 0.6 is 0 Å². The highest BCUT2D eigenvalue weighted by Gasteiger charge is 2.35. The molecule has 0 radical (unpaired) electrons. The maximum Gasteiger partial charge on any atom is 0.234 e. The van der Waals surface area contributed by atoms with Crippen molar-refractivity contribution in [1.82, 2.24) is 9.88 Å². The van der Waals surface area contributed by atoms with Crippen LogP contribution in [-0.2, 0) is 16.0 Å². The summed E-state index contributed by atoms with van der Waals surface area (Å²) in [6.07, 6.45) is 3.11. The first-order valence-corrected chi connectivity index (χ1v) is 6.65. The molecule has 1 unspecified atom stereocenters. The van der Waals surface area contributed by atoms with E-state index in [9.17, 15) is 14.4 Å². The van der Waals surface area contributed by atoms with Crippen LogP contribution in [0.1, 0.15) is 34.7 Å². The van der Waals surface area contributed by atoms with Crippen molar-refractivity contribution in [2.24, 2.45) is 0 Å². The Kier molecular flexibility index (Phi) is 2.16. The molecule has 2 aliphatic rings. The predicted octanol–water partition coefficient (Wildman–Crippen LogP) is 1.36. The quantitative estimate of drug-likeness (QED) is 0.794. The van der Waals surface area contributed by atoms with Crippen LogP contribution < -0.4 is 5.32 Å². The summed E-state index contributed by atoms with van der Waals surface area (Å²) < 4.78 is 1.64. The molecule has 0 bridgehead atoms. The van der Waals surface area contributed by atoms with E-state index in [0.717, 1.165) is 28.5 Å². The zero-order valence-electron chi connectivity index (χ0n) is 10.7. The first-order valence-electron chi connectivity index (χ1n) is 6.65. The van der Waals surface area contributed by atoms with Gasteiger partial charge >= 0.3 is 0 Å². The molecule has 2 aliphatic heterocycles. The second-order valence-electron chi connectivity index (χ2n) is 5.33. The topological polar surface area (TPSA) is 68.2 Å². The molecule has 100 valence electrons. The standard InChI is InChI=1S/C15H12N2O3/c18-12-6-10(15(20)16-12)11-7-17-13(19)5-4-8-2-1-3-9(11)14(8)17/h1-3,7,10H,4-6H2,(H,16,18,20). The fourth-order valence-corrected chi connectivity index (χ4v) is 3.22. The largest absolute Gasteiger partial charge is 0.296 e. The number of hydrogen-bond donors (Lipinski definition) is 1. The summed E-state index contributed by atoms with van der Waals surface area (Å²) in [6.45, 7) is 0. The molecule has 0 aliphatic carbocycles. The van der Waals surface area contributed by atoms with Gasteiger partial charge in [-0.2, -0.15) is 0 Å². The molecule has 5 heteroatoms. The van der Waals surface area contributed by atoms with Gasteiger partial charge in [0.2, 0.25) is 17.7 Å². The van der Waals surface area contributed by atoms with Crippen LogP contribution in [-0.4, -0.2) is 22.3 Å². The molecule has 20 heavy (non-hydrogen) atoms. The van der Waals surface area contributed by atoms with Crippen molar-refractivity contribution < 1.29 is 14.4 Å². The minimum Gasteiger partial charge on any atom is -0.296 e. The fraction of sp³-hybridized carbons (Fsp3) is 0.267. The summed E-state index contributed by atoms with van der Waals surface area (Å²) in [5.41, 5.74) is 2.80. The number of para-hydroxylation sites is 1. The van der Waals surface area contributed by atoms with E-state index in [1.807, 2.05) is 18.2 Å². The molecule has 2 aromatic rings. The zero-order valence-corrected chi connectivity index (χ0v) is 10.7. The summed E-state index contributed by atoms with van der Waals surface area (Å²) in [4.78, 5) is 35.3. The van der Waals surface area contributed by atoms with Gasteiger partial charge in [0.1, 0.15) is 0 Å². The van der Waals surface area contributed by atoms with Gasteiger partial charge in [0.15, 0.2) is 0 Å². The lowest BCUT2D eigenvalue weighted by Gasteiger charge is -2.13. The second-order valence-corrected chi connectivity index (χ2v) is 5.33. The Hall–Kier alpha value is -2.43. The molecule has 3 heterocycles. The monoisotopic (exact) mass is 268 g/mol. The van der Waals surface area contributed by atoms with Gasteiger partial charge in [-0.25, -0.2) is 0 Å². The maximum atomic E-state index is 12.0. The third kappa shape index (κ3) is 1.40. The average molecular weight is 268 g/mol. The number of hydrogen-bond acceptors (Lipinski definition) is 3. The summed E-state index contributed by atoms with van der Waals surface area (Å²) in [5.74, 6) is -0.957. The van der Waals surface area contributed by atoms with Crippen molar-refractivity contribution in [3.63, 3.8) is 0 Å². The van der Waals surface area contributed by atoms with Gasteiger partial charge in [-0.1, -0.05) is 18.2 Å². The molecule has 4 rings (SSSR count). The van der Waals surface area contributed by atoms with Crippen molar-refractivity contribution in [3.8, 4) is 0 Å². The molecular weight excluding hydrogens is 256 g/mol. The lowest BCUT2D eigenvalue weighted by atomic mass is 9.95. The number of nitrogens with one attached hydrogen (secondary N) is 1. The third-order valence-electron chi connectivity index (χ3n) is 4.16. The van der Waals surface area contributed by atoms with E-state index in [2.05, 4.69) is 5.32 Å². The molecule has 0 spiro atoms. The van der Waals surface area contributed by atoms with Crippen molar-refractivity contribution in [2.45, 2.75) is 25.2 Å². The van der Waals surface area contributed by atoms with E-state index in [4.69, 9.17) is 0 Å².